The molecule has 1 aromatic rings. The lowest BCUT2D eigenvalue weighted by atomic mass is 9.88. The van der Waals surface area contributed by atoms with Gasteiger partial charge in [0.05, 0.1) is 0 Å². The summed E-state index contributed by atoms with van der Waals surface area (Å²) in [5, 5.41) is 4.36. The van der Waals surface area contributed by atoms with Crippen molar-refractivity contribution < 1.29 is 0 Å². The average Bonchev–Trinajstić information content (AvgIpc) is 2.62. The summed E-state index contributed by atoms with van der Waals surface area (Å²) in [5.41, 5.74) is 5.87. The van der Waals surface area contributed by atoms with E-state index < -0.39 is 0 Å². The highest BCUT2D eigenvalue weighted by molar-refractivity contribution is 7.15. The van der Waals surface area contributed by atoms with Gasteiger partial charge in [-0.05, 0) is 11.8 Å². The Labute approximate surface area is 96.1 Å². The molecule has 3 N–H and O–H groups in total. The summed E-state index contributed by atoms with van der Waals surface area (Å²) >= 11 is 1.64. The van der Waals surface area contributed by atoms with Gasteiger partial charge in [-0.15, -0.1) is 11.3 Å². The number of aromatic nitrogens is 1. The van der Waals surface area contributed by atoms with Gasteiger partial charge in [0.15, 0.2) is 5.13 Å². The highest BCUT2D eigenvalue weighted by atomic mass is 32.1. The van der Waals surface area contributed by atoms with Crippen molar-refractivity contribution in [3.8, 4) is 0 Å². The van der Waals surface area contributed by atoms with Crippen LogP contribution < -0.4 is 11.1 Å². The van der Waals surface area contributed by atoms with Gasteiger partial charge >= 0.3 is 0 Å². The zero-order chi connectivity index (χ0) is 11.3. The molecule has 0 atom stereocenters. The minimum absolute atomic E-state index is 0.337. The van der Waals surface area contributed by atoms with Gasteiger partial charge in [0.25, 0.3) is 0 Å². The van der Waals surface area contributed by atoms with Crippen LogP contribution in [0.1, 0.15) is 38.5 Å². The summed E-state index contributed by atoms with van der Waals surface area (Å²) in [7, 11) is 0. The van der Waals surface area contributed by atoms with Gasteiger partial charge in [0.2, 0.25) is 0 Å². The average molecular weight is 227 g/mol. The molecule has 3 nitrogen and oxygen atoms in total. The van der Waals surface area contributed by atoms with E-state index in [1.54, 1.807) is 11.3 Å². The number of rotatable bonds is 6. The Balaban J connectivity index is 2.42. The van der Waals surface area contributed by atoms with Crippen molar-refractivity contribution in [2.45, 2.75) is 40.2 Å². The van der Waals surface area contributed by atoms with Gasteiger partial charge < -0.3 is 11.1 Å². The second kappa shape index (κ2) is 5.47. The molecule has 86 valence electrons. The van der Waals surface area contributed by atoms with E-state index in [1.807, 2.05) is 6.20 Å². The lowest BCUT2D eigenvalue weighted by molar-refractivity contribution is 0.354. The van der Waals surface area contributed by atoms with Crippen molar-refractivity contribution in [3.05, 3.63) is 11.1 Å². The van der Waals surface area contributed by atoms with Gasteiger partial charge in [-0.1, -0.05) is 27.2 Å². The number of hydrogen-bond donors (Lipinski definition) is 2. The molecule has 0 saturated heterocycles. The van der Waals surface area contributed by atoms with Crippen LogP contribution in [0.15, 0.2) is 6.20 Å². The minimum Gasteiger partial charge on any atom is -0.361 e. The fraction of sp³-hybridized carbons (Fsp3) is 0.727. The van der Waals surface area contributed by atoms with E-state index in [-0.39, 0.29) is 0 Å². The lowest BCUT2D eigenvalue weighted by Crippen LogP contribution is -2.22. The van der Waals surface area contributed by atoms with Crippen molar-refractivity contribution in [1.29, 1.82) is 0 Å². The Bertz CT molecular complexity index is 294. The van der Waals surface area contributed by atoms with Gasteiger partial charge in [-0.2, -0.15) is 0 Å². The molecular formula is C11H21N3S. The predicted molar refractivity (Wildman–Crippen MR) is 67.2 cm³/mol. The number of nitrogens with zero attached hydrogens (tertiary/aromatic N) is 1. The molecule has 1 rings (SSSR count). The Morgan fingerprint density at radius 3 is 2.80 bits per heavy atom. The molecule has 0 aliphatic rings. The number of hydrogen-bond acceptors (Lipinski definition) is 4. The third-order valence-corrected chi connectivity index (χ3v) is 3.38. The van der Waals surface area contributed by atoms with Crippen molar-refractivity contribution in [2.24, 2.45) is 11.1 Å². The van der Waals surface area contributed by atoms with Gasteiger partial charge in [0.1, 0.15) is 0 Å². The standard InChI is InChI=1S/C11H21N3S/c1-4-5-11(2,3)8-14-10-13-7-9(6-12)15-10/h7H,4-6,8,12H2,1-3H3,(H,13,14). The maximum Gasteiger partial charge on any atom is 0.182 e. The highest BCUT2D eigenvalue weighted by Crippen LogP contribution is 2.24. The van der Waals surface area contributed by atoms with Crippen molar-refractivity contribution in [1.82, 2.24) is 4.98 Å². The molecule has 0 saturated carbocycles. The third kappa shape index (κ3) is 4.18. The van der Waals surface area contributed by atoms with Crippen LogP contribution >= 0.6 is 11.3 Å². The molecule has 15 heavy (non-hydrogen) atoms. The first kappa shape index (κ1) is 12.5. The molecule has 4 heteroatoms. The number of anilines is 1. The summed E-state index contributed by atoms with van der Waals surface area (Å²) in [4.78, 5) is 5.41. The summed E-state index contributed by atoms with van der Waals surface area (Å²) in [6.07, 6.45) is 4.30. The quantitative estimate of drug-likeness (QED) is 0.785. The second-order valence-corrected chi connectivity index (χ2v) is 5.72. The highest BCUT2D eigenvalue weighted by Gasteiger charge is 2.16. The fourth-order valence-corrected chi connectivity index (χ4v) is 2.25. The van der Waals surface area contributed by atoms with Crippen LogP contribution in [0.25, 0.3) is 0 Å². The van der Waals surface area contributed by atoms with E-state index in [9.17, 15) is 0 Å². The Hall–Kier alpha value is -0.610. The largest absolute Gasteiger partial charge is 0.361 e. The van der Waals surface area contributed by atoms with Gasteiger partial charge in [0, 0.05) is 24.2 Å². The first-order valence-corrected chi connectivity index (χ1v) is 6.27. The maximum atomic E-state index is 5.54. The molecule has 0 radical (unpaired) electrons. The maximum absolute atomic E-state index is 5.54. The first-order chi connectivity index (χ1) is 7.07. The first-order valence-electron chi connectivity index (χ1n) is 5.46. The molecule has 0 spiro atoms. The SMILES string of the molecule is CCCC(C)(C)CNc1ncc(CN)s1. The molecule has 0 bridgehead atoms. The normalized spacial score (nSPS) is 11.7. The lowest BCUT2D eigenvalue weighted by Gasteiger charge is -2.23. The van der Waals surface area contributed by atoms with Crippen LogP contribution in [-0.4, -0.2) is 11.5 Å². The van der Waals surface area contributed by atoms with Crippen LogP contribution in [0.4, 0.5) is 5.13 Å². The zero-order valence-corrected chi connectivity index (χ0v) is 10.7. The van der Waals surface area contributed by atoms with Crippen LogP contribution in [0.5, 0.6) is 0 Å². The van der Waals surface area contributed by atoms with Crippen molar-refractivity contribution in [2.75, 3.05) is 11.9 Å². The summed E-state index contributed by atoms with van der Waals surface area (Å²) in [6, 6.07) is 0. The van der Waals surface area contributed by atoms with E-state index in [4.69, 9.17) is 5.73 Å². The van der Waals surface area contributed by atoms with Crippen LogP contribution in [-0.2, 0) is 6.54 Å². The summed E-state index contributed by atoms with van der Waals surface area (Å²) in [5.74, 6) is 0. The number of nitrogens with one attached hydrogen (secondary N) is 1. The molecular weight excluding hydrogens is 206 g/mol. The topological polar surface area (TPSA) is 50.9 Å². The molecule has 1 aromatic heterocycles. The van der Waals surface area contributed by atoms with E-state index >= 15 is 0 Å². The van der Waals surface area contributed by atoms with Gasteiger partial charge in [-0.3, -0.25) is 0 Å². The zero-order valence-electron chi connectivity index (χ0n) is 9.84. The molecule has 0 amide bonds. The number of nitrogens with two attached hydrogens (primary N) is 1. The van der Waals surface area contributed by atoms with Crippen molar-refractivity contribution in [3.63, 3.8) is 0 Å². The van der Waals surface area contributed by atoms with E-state index in [2.05, 4.69) is 31.1 Å². The van der Waals surface area contributed by atoms with E-state index in [0.717, 1.165) is 16.6 Å². The van der Waals surface area contributed by atoms with Crippen molar-refractivity contribution >= 4 is 16.5 Å². The molecule has 0 fully saturated rings. The van der Waals surface area contributed by atoms with Gasteiger partial charge in [-0.25, -0.2) is 4.98 Å². The molecule has 0 aliphatic heterocycles. The Morgan fingerprint density at radius 2 is 2.27 bits per heavy atom. The fourth-order valence-electron chi connectivity index (χ4n) is 1.56. The second-order valence-electron chi connectivity index (χ2n) is 4.60. The van der Waals surface area contributed by atoms with Crippen LogP contribution in [0.2, 0.25) is 0 Å². The molecule has 1 heterocycles. The van der Waals surface area contributed by atoms with E-state index in [0.29, 0.717) is 12.0 Å². The third-order valence-electron chi connectivity index (χ3n) is 2.40. The molecule has 0 unspecified atom stereocenters. The Morgan fingerprint density at radius 1 is 1.53 bits per heavy atom. The monoisotopic (exact) mass is 227 g/mol. The summed E-state index contributed by atoms with van der Waals surface area (Å²) in [6.45, 7) is 8.33. The van der Waals surface area contributed by atoms with E-state index in [1.165, 1.54) is 12.8 Å². The number of thiazole rings is 1. The molecule has 0 aromatic carbocycles. The van der Waals surface area contributed by atoms with Crippen LogP contribution in [0.3, 0.4) is 0 Å². The summed E-state index contributed by atoms with van der Waals surface area (Å²) < 4.78 is 0. The predicted octanol–water partition coefficient (Wildman–Crippen LogP) is 2.84. The minimum atomic E-state index is 0.337. The molecule has 0 aliphatic carbocycles. The van der Waals surface area contributed by atoms with Crippen LogP contribution in [0, 0.1) is 5.41 Å². The smallest absolute Gasteiger partial charge is 0.182 e. The Kier molecular flexibility index (Phi) is 4.54.